The van der Waals surface area contributed by atoms with Crippen LogP contribution < -0.4 is 9.46 Å². The molecule has 6 nitrogen and oxygen atoms in total. The van der Waals surface area contributed by atoms with Crippen molar-refractivity contribution in [3.05, 3.63) is 22.7 Å². The number of sulfone groups is 1. The number of rotatable bonds is 4. The van der Waals surface area contributed by atoms with E-state index in [1.807, 2.05) is 0 Å². The van der Waals surface area contributed by atoms with Crippen LogP contribution in [0.2, 0.25) is 0 Å². The largest absolute Gasteiger partial charge is 0.495 e. The maximum Gasteiger partial charge on any atom is 0.244 e. The van der Waals surface area contributed by atoms with Gasteiger partial charge in [0.15, 0.2) is 9.84 Å². The molecule has 0 aliphatic carbocycles. The van der Waals surface area contributed by atoms with Gasteiger partial charge in [0, 0.05) is 10.0 Å². The van der Waals surface area contributed by atoms with Crippen LogP contribution in [0.5, 0.6) is 5.75 Å². The van der Waals surface area contributed by atoms with Gasteiger partial charge < -0.3 is 4.74 Å². The van der Waals surface area contributed by atoms with Gasteiger partial charge in [0.2, 0.25) is 10.0 Å². The molecule has 0 aromatic heterocycles. The van der Waals surface area contributed by atoms with Gasteiger partial charge >= 0.3 is 0 Å². The summed E-state index contributed by atoms with van der Waals surface area (Å²) in [7, 11) is -5.71. The van der Waals surface area contributed by atoms with E-state index >= 15 is 0 Å². The first-order valence-corrected chi connectivity index (χ1v) is 10.2. The van der Waals surface area contributed by atoms with E-state index in [-0.39, 0.29) is 28.6 Å². The Labute approximate surface area is 133 Å². The van der Waals surface area contributed by atoms with Crippen molar-refractivity contribution in [1.29, 1.82) is 0 Å². The van der Waals surface area contributed by atoms with E-state index < -0.39 is 25.4 Å². The lowest BCUT2D eigenvalue weighted by molar-refractivity contribution is 0.400. The van der Waals surface area contributed by atoms with Crippen LogP contribution in [0.15, 0.2) is 27.6 Å². The van der Waals surface area contributed by atoms with E-state index in [0.717, 1.165) is 0 Å². The lowest BCUT2D eigenvalue weighted by Gasteiger charge is -2.24. The van der Waals surface area contributed by atoms with Gasteiger partial charge in [0.05, 0.1) is 18.6 Å². The summed E-state index contributed by atoms with van der Waals surface area (Å²) in [4.78, 5) is -0.0232. The predicted molar refractivity (Wildman–Crippen MR) is 82.7 cm³/mol. The Morgan fingerprint density at radius 1 is 1.38 bits per heavy atom. The van der Waals surface area contributed by atoms with Gasteiger partial charge in [-0.15, -0.1) is 0 Å². The molecule has 0 radical (unpaired) electrons. The van der Waals surface area contributed by atoms with E-state index in [4.69, 9.17) is 4.74 Å². The standard InChI is InChI=1S/C12H16BrNO5S2/c1-12(5-6-20(15,16)8-12)14-21(17,18)11-7-9(13)3-4-10(11)19-2/h3-4,7,14H,5-6,8H2,1-2H3/t12-/m0/s1. The fraction of sp³-hybridized carbons (Fsp3) is 0.500. The van der Waals surface area contributed by atoms with Crippen LogP contribution in [0.25, 0.3) is 0 Å². The SMILES string of the molecule is COc1ccc(Br)cc1S(=O)(=O)N[C@@]1(C)CCS(=O)(=O)C1. The molecule has 1 saturated heterocycles. The highest BCUT2D eigenvalue weighted by Gasteiger charge is 2.41. The topological polar surface area (TPSA) is 89.5 Å². The molecular formula is C12H16BrNO5S2. The Morgan fingerprint density at radius 3 is 2.57 bits per heavy atom. The predicted octanol–water partition coefficient (Wildman–Crippen LogP) is 1.31. The maximum absolute atomic E-state index is 12.5. The number of hydrogen-bond acceptors (Lipinski definition) is 5. The Hall–Kier alpha value is -0.640. The summed E-state index contributed by atoms with van der Waals surface area (Å²) >= 11 is 3.22. The zero-order valence-corrected chi connectivity index (χ0v) is 14.8. The third-order valence-corrected chi connectivity index (χ3v) is 7.36. The van der Waals surface area contributed by atoms with E-state index in [0.29, 0.717) is 4.47 Å². The molecule has 1 atom stereocenters. The molecule has 1 aliphatic rings. The van der Waals surface area contributed by atoms with Crippen LogP contribution >= 0.6 is 15.9 Å². The average Bonchev–Trinajstić information content (AvgIpc) is 2.62. The summed E-state index contributed by atoms with van der Waals surface area (Å²) in [5, 5.41) is 0. The molecule has 0 spiro atoms. The molecule has 0 bridgehead atoms. The van der Waals surface area contributed by atoms with Crippen LogP contribution in [0, 0.1) is 0 Å². The monoisotopic (exact) mass is 397 g/mol. The first-order chi connectivity index (χ1) is 9.57. The van der Waals surface area contributed by atoms with E-state index in [1.54, 1.807) is 13.0 Å². The molecule has 1 aliphatic heterocycles. The third kappa shape index (κ3) is 3.77. The smallest absolute Gasteiger partial charge is 0.244 e. The number of ether oxygens (including phenoxy) is 1. The Morgan fingerprint density at radius 2 is 2.05 bits per heavy atom. The number of benzene rings is 1. The van der Waals surface area contributed by atoms with Crippen LogP contribution in [0.4, 0.5) is 0 Å². The summed E-state index contributed by atoms with van der Waals surface area (Å²) in [5.41, 5.74) is -0.995. The Bertz CT molecular complexity index is 760. The maximum atomic E-state index is 12.5. The molecule has 2 rings (SSSR count). The molecule has 21 heavy (non-hydrogen) atoms. The van der Waals surface area contributed by atoms with Gasteiger partial charge in [0.1, 0.15) is 10.6 Å². The molecule has 1 aromatic rings. The minimum Gasteiger partial charge on any atom is -0.495 e. The Kier molecular flexibility index (Phi) is 4.40. The zero-order valence-electron chi connectivity index (χ0n) is 11.6. The van der Waals surface area contributed by atoms with Crippen molar-refractivity contribution in [1.82, 2.24) is 4.72 Å². The summed E-state index contributed by atoms with van der Waals surface area (Å²) in [6, 6.07) is 4.62. The normalized spacial score (nSPS) is 24.9. The van der Waals surface area contributed by atoms with Crippen LogP contribution in [-0.2, 0) is 19.9 Å². The molecule has 1 heterocycles. The summed E-state index contributed by atoms with van der Waals surface area (Å²) in [6.07, 6.45) is 0.255. The number of halogens is 1. The minimum atomic E-state index is -3.89. The van der Waals surface area contributed by atoms with Gasteiger partial charge in [-0.05, 0) is 31.5 Å². The highest BCUT2D eigenvalue weighted by molar-refractivity contribution is 9.10. The van der Waals surface area contributed by atoms with Crippen molar-refractivity contribution < 1.29 is 21.6 Å². The fourth-order valence-corrected chi connectivity index (χ4v) is 6.66. The quantitative estimate of drug-likeness (QED) is 0.826. The van der Waals surface area contributed by atoms with Gasteiger partial charge in [-0.1, -0.05) is 15.9 Å². The fourth-order valence-electron chi connectivity index (χ4n) is 2.33. The van der Waals surface area contributed by atoms with Crippen molar-refractivity contribution in [2.75, 3.05) is 18.6 Å². The van der Waals surface area contributed by atoms with Crippen molar-refractivity contribution >= 4 is 35.8 Å². The number of methoxy groups -OCH3 is 1. The molecule has 0 saturated carbocycles. The van der Waals surface area contributed by atoms with E-state index in [2.05, 4.69) is 20.7 Å². The molecular weight excluding hydrogens is 382 g/mol. The van der Waals surface area contributed by atoms with Crippen LogP contribution in [-0.4, -0.2) is 41.0 Å². The minimum absolute atomic E-state index is 0.0123. The highest BCUT2D eigenvalue weighted by atomic mass is 79.9. The summed E-state index contributed by atoms with van der Waals surface area (Å²) in [6.45, 7) is 1.60. The summed E-state index contributed by atoms with van der Waals surface area (Å²) in [5.74, 6) is -0.00728. The Balaban J connectivity index is 2.38. The van der Waals surface area contributed by atoms with Crippen molar-refractivity contribution in [3.63, 3.8) is 0 Å². The van der Waals surface area contributed by atoms with Gasteiger partial charge in [-0.25, -0.2) is 21.6 Å². The van der Waals surface area contributed by atoms with Crippen molar-refractivity contribution in [3.8, 4) is 5.75 Å². The van der Waals surface area contributed by atoms with Crippen LogP contribution in [0.1, 0.15) is 13.3 Å². The zero-order chi connectivity index (χ0) is 15.9. The number of sulfonamides is 1. The second-order valence-corrected chi connectivity index (χ2v) is 10.1. The molecule has 9 heteroatoms. The van der Waals surface area contributed by atoms with Crippen molar-refractivity contribution in [2.45, 2.75) is 23.8 Å². The second-order valence-electron chi connectivity index (χ2n) is 5.30. The molecule has 0 unspecified atom stereocenters. The summed E-state index contributed by atoms with van der Waals surface area (Å²) < 4.78 is 56.4. The van der Waals surface area contributed by atoms with Gasteiger partial charge in [-0.3, -0.25) is 0 Å². The molecule has 118 valence electrons. The second kappa shape index (κ2) is 5.53. The lowest BCUT2D eigenvalue weighted by Crippen LogP contribution is -2.46. The highest BCUT2D eigenvalue weighted by Crippen LogP contribution is 2.30. The van der Waals surface area contributed by atoms with Crippen molar-refractivity contribution in [2.24, 2.45) is 0 Å². The molecule has 1 aromatic carbocycles. The third-order valence-electron chi connectivity index (χ3n) is 3.30. The van der Waals surface area contributed by atoms with Gasteiger partial charge in [0.25, 0.3) is 0 Å². The molecule has 1 fully saturated rings. The first kappa shape index (κ1) is 16.7. The number of hydrogen-bond donors (Lipinski definition) is 1. The number of nitrogens with one attached hydrogen (secondary N) is 1. The lowest BCUT2D eigenvalue weighted by atomic mass is 10.0. The average molecular weight is 398 g/mol. The molecule has 0 amide bonds. The molecule has 1 N–H and O–H groups in total. The van der Waals surface area contributed by atoms with E-state index in [1.165, 1.54) is 19.2 Å². The van der Waals surface area contributed by atoms with E-state index in [9.17, 15) is 16.8 Å². The van der Waals surface area contributed by atoms with Crippen LogP contribution in [0.3, 0.4) is 0 Å². The van der Waals surface area contributed by atoms with Gasteiger partial charge in [-0.2, -0.15) is 0 Å². The first-order valence-electron chi connectivity index (χ1n) is 6.15.